The van der Waals surface area contributed by atoms with Crippen LogP contribution in [0.1, 0.15) is 27.7 Å². The van der Waals surface area contributed by atoms with E-state index in [4.69, 9.17) is 10.5 Å². The van der Waals surface area contributed by atoms with Gasteiger partial charge in [0.2, 0.25) is 5.91 Å². The van der Waals surface area contributed by atoms with Crippen LogP contribution in [-0.4, -0.2) is 47.4 Å². The first-order chi connectivity index (χ1) is 10.9. The smallest absolute Gasteiger partial charge is 0.270 e. The Morgan fingerprint density at radius 1 is 1.39 bits per heavy atom. The van der Waals surface area contributed by atoms with E-state index < -0.39 is 6.10 Å². The van der Waals surface area contributed by atoms with Gasteiger partial charge in [-0.15, -0.1) is 0 Å². The van der Waals surface area contributed by atoms with Gasteiger partial charge < -0.3 is 15.4 Å². The maximum Gasteiger partial charge on any atom is 0.270 e. The van der Waals surface area contributed by atoms with Crippen molar-refractivity contribution in [2.45, 2.75) is 33.8 Å². The average Bonchev–Trinajstić information content (AvgIpc) is 2.51. The van der Waals surface area contributed by atoms with E-state index in [1.54, 1.807) is 17.0 Å². The van der Waals surface area contributed by atoms with Gasteiger partial charge in [0.15, 0.2) is 17.7 Å². The average molecular weight is 320 g/mol. The molecule has 126 valence electrons. The molecule has 1 aromatic rings. The summed E-state index contributed by atoms with van der Waals surface area (Å²) in [6.07, 6.45) is -0.627. The van der Waals surface area contributed by atoms with Gasteiger partial charge in [-0.3, -0.25) is 14.5 Å². The molecule has 0 aliphatic carbocycles. The number of nitrogens with two attached hydrogens (primary N) is 1. The first kappa shape index (κ1) is 17.1. The molecule has 1 atom stereocenters. The van der Waals surface area contributed by atoms with E-state index in [1.807, 2.05) is 27.7 Å². The summed E-state index contributed by atoms with van der Waals surface area (Å²) in [4.78, 5) is 32.4. The fourth-order valence-electron chi connectivity index (χ4n) is 2.57. The van der Waals surface area contributed by atoms with Gasteiger partial charge in [-0.1, -0.05) is 13.8 Å². The van der Waals surface area contributed by atoms with Crippen molar-refractivity contribution >= 4 is 23.5 Å². The molecular formula is C16H24N4O3. The number of hydrogen-bond acceptors (Lipinski definition) is 5. The molecule has 1 aliphatic heterocycles. The predicted octanol–water partition coefficient (Wildman–Crippen LogP) is 1.28. The largest absolute Gasteiger partial charge is 0.476 e. The molecule has 1 aromatic heterocycles. The highest BCUT2D eigenvalue weighted by Crippen LogP contribution is 2.34. The minimum absolute atomic E-state index is 0.0146. The number of carbonyl (C=O) groups excluding carboxylic acids is 2. The summed E-state index contributed by atoms with van der Waals surface area (Å²) in [7, 11) is 0. The van der Waals surface area contributed by atoms with Crippen molar-refractivity contribution in [2.75, 3.05) is 30.3 Å². The molecule has 1 unspecified atom stereocenters. The first-order valence-corrected chi connectivity index (χ1v) is 7.91. The number of nitrogen functional groups attached to an aromatic ring is 1. The summed E-state index contributed by atoms with van der Waals surface area (Å²) in [5, 5.41) is 0. The quantitative estimate of drug-likeness (QED) is 0.883. The summed E-state index contributed by atoms with van der Waals surface area (Å²) < 4.78 is 5.75. The Kier molecular flexibility index (Phi) is 5.08. The van der Waals surface area contributed by atoms with Crippen LogP contribution < -0.4 is 15.4 Å². The van der Waals surface area contributed by atoms with Crippen molar-refractivity contribution < 1.29 is 14.3 Å². The Bertz CT molecular complexity index is 599. The van der Waals surface area contributed by atoms with Gasteiger partial charge in [0.05, 0.1) is 0 Å². The third-order valence-electron chi connectivity index (χ3n) is 3.89. The number of rotatable bonds is 5. The maximum absolute atomic E-state index is 12.7. The summed E-state index contributed by atoms with van der Waals surface area (Å²) in [6.45, 7) is 8.76. The van der Waals surface area contributed by atoms with E-state index in [2.05, 4.69) is 4.98 Å². The zero-order valence-corrected chi connectivity index (χ0v) is 14.1. The van der Waals surface area contributed by atoms with E-state index in [1.165, 1.54) is 4.90 Å². The summed E-state index contributed by atoms with van der Waals surface area (Å²) in [5.41, 5.74) is 5.73. The minimum atomic E-state index is -0.627. The van der Waals surface area contributed by atoms with Gasteiger partial charge in [-0.05, 0) is 31.9 Å². The Morgan fingerprint density at radius 2 is 2.04 bits per heavy atom. The molecule has 1 aliphatic rings. The lowest BCUT2D eigenvalue weighted by Crippen LogP contribution is -2.52. The SMILES string of the molecule is CCN(CC)C(=O)CN1C(=O)C(C(C)C)Oc2ccc(N)nc21. The monoisotopic (exact) mass is 320 g/mol. The fraction of sp³-hybridized carbons (Fsp3) is 0.562. The van der Waals surface area contributed by atoms with Crippen LogP contribution in [0.2, 0.25) is 0 Å². The molecule has 23 heavy (non-hydrogen) atoms. The fourth-order valence-corrected chi connectivity index (χ4v) is 2.57. The molecule has 2 rings (SSSR count). The van der Waals surface area contributed by atoms with E-state index in [-0.39, 0.29) is 30.1 Å². The number of pyridine rings is 1. The van der Waals surface area contributed by atoms with Gasteiger partial charge in [0, 0.05) is 13.1 Å². The molecule has 0 bridgehead atoms. The predicted molar refractivity (Wildman–Crippen MR) is 88.2 cm³/mol. The van der Waals surface area contributed by atoms with E-state index >= 15 is 0 Å². The summed E-state index contributed by atoms with van der Waals surface area (Å²) >= 11 is 0. The van der Waals surface area contributed by atoms with Gasteiger partial charge in [-0.2, -0.15) is 0 Å². The maximum atomic E-state index is 12.7. The molecule has 0 saturated carbocycles. The normalized spacial score (nSPS) is 17.0. The number of likely N-dealkylation sites (N-methyl/N-ethyl adjacent to an activating group) is 1. The van der Waals surface area contributed by atoms with E-state index in [0.29, 0.717) is 24.7 Å². The van der Waals surface area contributed by atoms with Crippen molar-refractivity contribution in [2.24, 2.45) is 5.92 Å². The van der Waals surface area contributed by atoms with Crippen molar-refractivity contribution in [3.63, 3.8) is 0 Å². The van der Waals surface area contributed by atoms with Gasteiger partial charge >= 0.3 is 0 Å². The molecule has 2 heterocycles. The lowest BCUT2D eigenvalue weighted by molar-refractivity contribution is -0.134. The second-order valence-electron chi connectivity index (χ2n) is 5.83. The molecule has 0 fully saturated rings. The van der Waals surface area contributed by atoms with Crippen LogP contribution >= 0.6 is 0 Å². The first-order valence-electron chi connectivity index (χ1n) is 7.91. The number of carbonyl (C=O) groups is 2. The van der Waals surface area contributed by atoms with Crippen molar-refractivity contribution in [1.29, 1.82) is 0 Å². The van der Waals surface area contributed by atoms with Crippen LogP contribution in [0.4, 0.5) is 11.6 Å². The number of hydrogen-bond donors (Lipinski definition) is 1. The Hall–Kier alpha value is -2.31. The van der Waals surface area contributed by atoms with Gasteiger partial charge in [-0.25, -0.2) is 4.98 Å². The molecule has 0 radical (unpaired) electrons. The van der Waals surface area contributed by atoms with Gasteiger partial charge in [0.1, 0.15) is 12.4 Å². The lowest BCUT2D eigenvalue weighted by Gasteiger charge is -2.35. The molecule has 0 aromatic carbocycles. The Labute approximate surface area is 136 Å². The second kappa shape index (κ2) is 6.85. The standard InChI is InChI=1S/C16H24N4O3/c1-5-19(6-2)13(21)9-20-15-11(7-8-12(17)18-15)23-14(10(3)4)16(20)22/h7-8,10,14H,5-6,9H2,1-4H3,(H2,17,18). The number of aromatic nitrogens is 1. The molecule has 2 N–H and O–H groups in total. The second-order valence-corrected chi connectivity index (χ2v) is 5.83. The van der Waals surface area contributed by atoms with Crippen molar-refractivity contribution in [3.05, 3.63) is 12.1 Å². The van der Waals surface area contributed by atoms with Crippen LogP contribution in [0.3, 0.4) is 0 Å². The number of fused-ring (bicyclic) bond motifs is 1. The number of ether oxygens (including phenoxy) is 1. The molecular weight excluding hydrogens is 296 g/mol. The third-order valence-corrected chi connectivity index (χ3v) is 3.89. The van der Waals surface area contributed by atoms with Crippen molar-refractivity contribution in [1.82, 2.24) is 9.88 Å². The van der Waals surface area contributed by atoms with Crippen molar-refractivity contribution in [3.8, 4) is 5.75 Å². The Balaban J connectivity index is 2.37. The zero-order valence-electron chi connectivity index (χ0n) is 14.1. The highest BCUT2D eigenvalue weighted by atomic mass is 16.5. The highest BCUT2D eigenvalue weighted by molar-refractivity contribution is 6.03. The summed E-state index contributed by atoms with van der Waals surface area (Å²) in [6, 6.07) is 3.31. The lowest BCUT2D eigenvalue weighted by atomic mass is 10.0. The van der Waals surface area contributed by atoms with Crippen LogP contribution in [0.15, 0.2) is 12.1 Å². The topological polar surface area (TPSA) is 88.8 Å². The van der Waals surface area contributed by atoms with Crippen LogP contribution in [0, 0.1) is 5.92 Å². The highest BCUT2D eigenvalue weighted by Gasteiger charge is 2.38. The Morgan fingerprint density at radius 3 is 2.61 bits per heavy atom. The molecule has 7 heteroatoms. The number of nitrogens with zero attached hydrogens (tertiary/aromatic N) is 3. The van der Waals surface area contributed by atoms with Crippen LogP contribution in [0.5, 0.6) is 5.75 Å². The van der Waals surface area contributed by atoms with Crippen LogP contribution in [-0.2, 0) is 9.59 Å². The minimum Gasteiger partial charge on any atom is -0.476 e. The third kappa shape index (κ3) is 3.38. The van der Waals surface area contributed by atoms with E-state index in [9.17, 15) is 9.59 Å². The number of amides is 2. The van der Waals surface area contributed by atoms with Gasteiger partial charge in [0.25, 0.3) is 5.91 Å². The molecule has 2 amide bonds. The zero-order chi connectivity index (χ0) is 17.1. The molecule has 0 spiro atoms. The molecule has 7 nitrogen and oxygen atoms in total. The summed E-state index contributed by atoms with van der Waals surface area (Å²) in [5.74, 6) is 0.675. The molecule has 0 saturated heterocycles. The number of anilines is 2. The van der Waals surface area contributed by atoms with Crippen LogP contribution in [0.25, 0.3) is 0 Å². The van der Waals surface area contributed by atoms with E-state index in [0.717, 1.165) is 0 Å².